The molecule has 1 rings (SSSR count). The van der Waals surface area contributed by atoms with Crippen LogP contribution < -0.4 is 0 Å². The topological polar surface area (TPSA) is 46.5 Å². The van der Waals surface area contributed by atoms with Crippen molar-refractivity contribution in [1.82, 2.24) is 0 Å². The number of carboxylic acids is 1. The average molecular weight is 196 g/mol. The number of carboxylic acid groups (broad SMARTS) is 1. The molecule has 0 bridgehead atoms. The van der Waals surface area contributed by atoms with Gasteiger partial charge < -0.3 is 9.84 Å². The molecule has 0 amide bonds. The highest BCUT2D eigenvalue weighted by molar-refractivity contribution is 5.79. The summed E-state index contributed by atoms with van der Waals surface area (Å²) >= 11 is 0. The summed E-state index contributed by atoms with van der Waals surface area (Å²) in [5.74, 6) is -0.786. The monoisotopic (exact) mass is 196 g/mol. The number of hydrogen-bond donors (Lipinski definition) is 1. The van der Waals surface area contributed by atoms with Gasteiger partial charge in [0.05, 0.1) is 11.7 Å². The first kappa shape index (κ1) is 10.8. The third-order valence-electron chi connectivity index (χ3n) is 2.90. The van der Waals surface area contributed by atoms with Crippen LogP contribution in [0.25, 0.3) is 0 Å². The first-order valence-electron chi connectivity index (χ1n) is 4.71. The van der Waals surface area contributed by atoms with Crippen LogP contribution >= 0.6 is 0 Å². The van der Waals surface area contributed by atoms with Crippen LogP contribution in [0.3, 0.4) is 0 Å². The zero-order valence-electron chi connectivity index (χ0n) is 8.78. The number of aliphatic carboxylic acids is 1. The quantitative estimate of drug-likeness (QED) is 0.752. The average Bonchev–Trinajstić information content (AvgIpc) is 2.17. The molecule has 3 heteroatoms. The zero-order valence-corrected chi connectivity index (χ0v) is 8.78. The lowest BCUT2D eigenvalue weighted by Crippen LogP contribution is -2.35. The third-order valence-corrected chi connectivity index (χ3v) is 2.90. The third kappa shape index (κ3) is 1.67. The van der Waals surface area contributed by atoms with E-state index in [0.717, 1.165) is 5.57 Å². The fraction of sp³-hybridized carbons (Fsp3) is 0.545. The second-order valence-corrected chi connectivity index (χ2v) is 3.97. The smallest absolute Gasteiger partial charge is 0.314 e. The number of hydrogen-bond acceptors (Lipinski definition) is 2. The minimum absolute atomic E-state index is 0.0256. The van der Waals surface area contributed by atoms with Gasteiger partial charge in [0.15, 0.2) is 0 Å². The summed E-state index contributed by atoms with van der Waals surface area (Å²) < 4.78 is 5.12. The molecule has 3 nitrogen and oxygen atoms in total. The highest BCUT2D eigenvalue weighted by Gasteiger charge is 2.40. The Labute approximate surface area is 84.1 Å². The van der Waals surface area contributed by atoms with Crippen LogP contribution in [0.15, 0.2) is 24.0 Å². The summed E-state index contributed by atoms with van der Waals surface area (Å²) in [4.78, 5) is 11.2. The van der Waals surface area contributed by atoms with Crippen LogP contribution in [0.4, 0.5) is 0 Å². The molecular weight excluding hydrogens is 180 g/mol. The van der Waals surface area contributed by atoms with Crippen LogP contribution in [0, 0.1) is 11.3 Å². The molecule has 0 radical (unpaired) electrons. The second-order valence-electron chi connectivity index (χ2n) is 3.97. The molecule has 0 saturated carbocycles. The maximum atomic E-state index is 11.2. The molecule has 14 heavy (non-hydrogen) atoms. The van der Waals surface area contributed by atoms with Crippen LogP contribution in [0.2, 0.25) is 0 Å². The Morgan fingerprint density at radius 2 is 2.29 bits per heavy atom. The number of allylic oxidation sites excluding steroid dienone is 1. The largest absolute Gasteiger partial charge is 0.497 e. The highest BCUT2D eigenvalue weighted by Crippen LogP contribution is 2.37. The van der Waals surface area contributed by atoms with Gasteiger partial charge >= 0.3 is 5.97 Å². The summed E-state index contributed by atoms with van der Waals surface area (Å²) in [6.07, 6.45) is 5.21. The summed E-state index contributed by atoms with van der Waals surface area (Å²) in [6, 6.07) is 0. The molecule has 1 aliphatic heterocycles. The van der Waals surface area contributed by atoms with Crippen molar-refractivity contribution in [1.29, 1.82) is 0 Å². The van der Waals surface area contributed by atoms with Gasteiger partial charge in [0.25, 0.3) is 0 Å². The molecule has 1 N–H and O–H groups in total. The van der Waals surface area contributed by atoms with Crippen molar-refractivity contribution in [3.63, 3.8) is 0 Å². The van der Waals surface area contributed by atoms with E-state index in [-0.39, 0.29) is 5.92 Å². The Kier molecular flexibility index (Phi) is 2.99. The summed E-state index contributed by atoms with van der Waals surface area (Å²) in [6.45, 7) is 6.05. The minimum Gasteiger partial charge on any atom is -0.497 e. The molecule has 1 heterocycles. The van der Waals surface area contributed by atoms with E-state index in [2.05, 4.69) is 0 Å². The fourth-order valence-electron chi connectivity index (χ4n) is 1.41. The van der Waals surface area contributed by atoms with Gasteiger partial charge in [-0.15, -0.1) is 0 Å². The molecule has 78 valence electrons. The van der Waals surface area contributed by atoms with Crippen molar-refractivity contribution in [3.8, 4) is 0 Å². The van der Waals surface area contributed by atoms with E-state index in [1.54, 1.807) is 13.2 Å². The van der Waals surface area contributed by atoms with Crippen molar-refractivity contribution in [2.45, 2.75) is 20.8 Å². The Morgan fingerprint density at radius 3 is 2.64 bits per heavy atom. The number of carbonyl (C=O) groups is 1. The molecule has 0 saturated heterocycles. The second kappa shape index (κ2) is 3.86. The minimum atomic E-state index is -0.864. The van der Waals surface area contributed by atoms with Gasteiger partial charge in [-0.05, 0) is 18.9 Å². The van der Waals surface area contributed by atoms with Gasteiger partial charge in [0.2, 0.25) is 0 Å². The van der Waals surface area contributed by atoms with E-state index in [0.29, 0.717) is 6.61 Å². The van der Waals surface area contributed by atoms with Crippen molar-refractivity contribution < 1.29 is 14.6 Å². The van der Waals surface area contributed by atoms with E-state index in [9.17, 15) is 9.90 Å². The molecule has 0 spiro atoms. The Hall–Kier alpha value is -1.25. The van der Waals surface area contributed by atoms with Crippen molar-refractivity contribution in [2.75, 3.05) is 6.61 Å². The summed E-state index contributed by atoms with van der Waals surface area (Å²) in [7, 11) is 0. The molecule has 0 aromatic carbocycles. The summed E-state index contributed by atoms with van der Waals surface area (Å²) in [5.41, 5.74) is -0.136. The van der Waals surface area contributed by atoms with Gasteiger partial charge in [0.1, 0.15) is 6.61 Å². The maximum Gasteiger partial charge on any atom is 0.314 e. The van der Waals surface area contributed by atoms with E-state index in [1.807, 2.05) is 26.0 Å². The zero-order chi connectivity index (χ0) is 10.8. The van der Waals surface area contributed by atoms with Gasteiger partial charge in [-0.2, -0.15) is 0 Å². The van der Waals surface area contributed by atoms with E-state index in [4.69, 9.17) is 4.74 Å². The summed E-state index contributed by atoms with van der Waals surface area (Å²) in [5, 5.41) is 9.22. The Morgan fingerprint density at radius 1 is 1.64 bits per heavy atom. The number of rotatable bonds is 3. The van der Waals surface area contributed by atoms with Gasteiger partial charge in [-0.3, -0.25) is 4.79 Å². The van der Waals surface area contributed by atoms with Crippen LogP contribution in [0.1, 0.15) is 20.8 Å². The van der Waals surface area contributed by atoms with Crippen LogP contribution in [0.5, 0.6) is 0 Å². The predicted molar refractivity (Wildman–Crippen MR) is 53.8 cm³/mol. The Balaban J connectivity index is 3.05. The lowest BCUT2D eigenvalue weighted by Gasteiger charge is -2.31. The van der Waals surface area contributed by atoms with E-state index in [1.165, 1.54) is 0 Å². The van der Waals surface area contributed by atoms with Gasteiger partial charge in [0, 0.05) is 5.57 Å². The standard InChI is InChI=1S/C11H16O3/c1-8(2)11(3,10(12)13)9-5-4-6-14-7-9/h4-5,7-8H,6H2,1-3H3,(H,12,13). The number of ether oxygens (including phenoxy) is 1. The first-order chi connectivity index (χ1) is 6.49. The van der Waals surface area contributed by atoms with Gasteiger partial charge in [-0.1, -0.05) is 19.9 Å². The SMILES string of the molecule is CC(C)C(C)(C(=O)O)C1=COCC=C1. The molecular formula is C11H16O3. The Bertz CT molecular complexity index is 289. The van der Waals surface area contributed by atoms with Crippen molar-refractivity contribution in [2.24, 2.45) is 11.3 Å². The molecule has 1 atom stereocenters. The van der Waals surface area contributed by atoms with Crippen molar-refractivity contribution >= 4 is 5.97 Å². The first-order valence-corrected chi connectivity index (χ1v) is 4.71. The van der Waals surface area contributed by atoms with Gasteiger partial charge in [-0.25, -0.2) is 0 Å². The normalized spacial score (nSPS) is 19.9. The van der Waals surface area contributed by atoms with E-state index < -0.39 is 11.4 Å². The highest BCUT2D eigenvalue weighted by atomic mass is 16.5. The van der Waals surface area contributed by atoms with Crippen LogP contribution in [-0.2, 0) is 9.53 Å². The fourth-order valence-corrected chi connectivity index (χ4v) is 1.41. The maximum absolute atomic E-state index is 11.2. The molecule has 1 aliphatic rings. The molecule has 0 aromatic heterocycles. The molecule has 0 fully saturated rings. The molecule has 0 aliphatic carbocycles. The lowest BCUT2D eigenvalue weighted by molar-refractivity contribution is -0.147. The van der Waals surface area contributed by atoms with Crippen LogP contribution in [-0.4, -0.2) is 17.7 Å². The molecule has 0 aromatic rings. The lowest BCUT2D eigenvalue weighted by atomic mass is 9.73. The van der Waals surface area contributed by atoms with Crippen molar-refractivity contribution in [3.05, 3.63) is 24.0 Å². The molecule has 1 unspecified atom stereocenters. The van der Waals surface area contributed by atoms with E-state index >= 15 is 0 Å². The predicted octanol–water partition coefficient (Wildman–Crippen LogP) is 2.20.